The van der Waals surface area contributed by atoms with Crippen LogP contribution in [0, 0.1) is 0 Å². The molecule has 26 heavy (non-hydrogen) atoms. The van der Waals surface area contributed by atoms with E-state index in [1.165, 1.54) is 0 Å². The highest BCUT2D eigenvalue weighted by molar-refractivity contribution is 5.93. The molecule has 1 saturated heterocycles. The fourth-order valence-electron chi connectivity index (χ4n) is 3.52. The molecule has 1 N–H and O–H groups in total. The van der Waals surface area contributed by atoms with Crippen molar-refractivity contribution in [2.75, 3.05) is 20.1 Å². The Morgan fingerprint density at radius 3 is 2.88 bits per heavy atom. The molecule has 4 heterocycles. The normalized spacial score (nSPS) is 20.4. The fourth-order valence-corrected chi connectivity index (χ4v) is 3.52. The van der Waals surface area contributed by atoms with Crippen LogP contribution in [-0.2, 0) is 7.05 Å². The zero-order valence-corrected chi connectivity index (χ0v) is 14.8. The van der Waals surface area contributed by atoms with Crippen molar-refractivity contribution in [1.82, 2.24) is 34.5 Å². The van der Waals surface area contributed by atoms with Gasteiger partial charge in [0.05, 0.1) is 18.1 Å². The number of hydrogen-bond donors (Lipinski definition) is 1. The lowest BCUT2D eigenvalue weighted by atomic mass is 10.00. The summed E-state index contributed by atoms with van der Waals surface area (Å²) in [6, 6.07) is 5.43. The van der Waals surface area contributed by atoms with E-state index in [2.05, 4.69) is 32.3 Å². The second-order valence-electron chi connectivity index (χ2n) is 6.69. The van der Waals surface area contributed by atoms with Crippen molar-refractivity contribution in [2.45, 2.75) is 12.0 Å². The van der Waals surface area contributed by atoms with Gasteiger partial charge in [-0.3, -0.25) is 9.78 Å². The molecule has 1 aliphatic heterocycles. The SMILES string of the molecule is CN1C[C@@H](NC(=O)c2cc(-n3cccn3)ccn2)[C@H](c2cncn2C)C1. The first-order chi connectivity index (χ1) is 12.6. The number of hydrogen-bond acceptors (Lipinski definition) is 5. The van der Waals surface area contributed by atoms with E-state index in [1.54, 1.807) is 29.5 Å². The molecule has 3 aromatic heterocycles. The van der Waals surface area contributed by atoms with Gasteiger partial charge in [0.25, 0.3) is 5.91 Å². The summed E-state index contributed by atoms with van der Waals surface area (Å²) in [6.45, 7) is 1.67. The number of aryl methyl sites for hydroxylation is 1. The predicted octanol–water partition coefficient (Wildman–Crippen LogP) is 0.828. The van der Waals surface area contributed by atoms with Gasteiger partial charge in [0.2, 0.25) is 0 Å². The Morgan fingerprint density at radius 2 is 2.15 bits per heavy atom. The molecule has 0 radical (unpaired) electrons. The number of nitrogens with zero attached hydrogens (tertiary/aromatic N) is 6. The average molecular weight is 351 g/mol. The second-order valence-corrected chi connectivity index (χ2v) is 6.69. The van der Waals surface area contributed by atoms with Crippen LogP contribution in [0.3, 0.4) is 0 Å². The van der Waals surface area contributed by atoms with Crippen LogP contribution in [-0.4, -0.2) is 61.3 Å². The van der Waals surface area contributed by atoms with Crippen LogP contribution >= 0.6 is 0 Å². The number of carbonyl (C=O) groups is 1. The van der Waals surface area contributed by atoms with Crippen LogP contribution < -0.4 is 5.32 Å². The van der Waals surface area contributed by atoms with Gasteiger partial charge in [-0.05, 0) is 25.2 Å². The van der Waals surface area contributed by atoms with E-state index in [1.807, 2.05) is 36.1 Å². The number of pyridine rings is 1. The molecule has 0 saturated carbocycles. The first-order valence-electron chi connectivity index (χ1n) is 8.53. The zero-order valence-electron chi connectivity index (χ0n) is 14.8. The zero-order chi connectivity index (χ0) is 18.1. The number of imidazole rings is 1. The summed E-state index contributed by atoms with van der Waals surface area (Å²) in [5.74, 6) is 0.0252. The van der Waals surface area contributed by atoms with Crippen LogP contribution in [0.2, 0.25) is 0 Å². The van der Waals surface area contributed by atoms with Gasteiger partial charge in [-0.2, -0.15) is 5.10 Å². The van der Waals surface area contributed by atoms with E-state index in [9.17, 15) is 4.79 Å². The number of carbonyl (C=O) groups excluding carboxylic acids is 1. The highest BCUT2D eigenvalue weighted by atomic mass is 16.2. The first-order valence-corrected chi connectivity index (χ1v) is 8.53. The minimum absolute atomic E-state index is 0.0121. The maximum absolute atomic E-state index is 12.8. The molecule has 0 spiro atoms. The van der Waals surface area contributed by atoms with Gasteiger partial charge in [-0.15, -0.1) is 0 Å². The topological polar surface area (TPSA) is 80.9 Å². The predicted molar refractivity (Wildman–Crippen MR) is 96.1 cm³/mol. The molecular weight excluding hydrogens is 330 g/mol. The molecule has 134 valence electrons. The van der Waals surface area contributed by atoms with Crippen molar-refractivity contribution in [2.24, 2.45) is 7.05 Å². The molecule has 4 rings (SSSR count). The monoisotopic (exact) mass is 351 g/mol. The molecule has 3 aromatic rings. The maximum atomic E-state index is 12.8. The Labute approximate surface area is 151 Å². The number of aromatic nitrogens is 5. The van der Waals surface area contributed by atoms with E-state index in [4.69, 9.17) is 0 Å². The molecular formula is C18H21N7O. The van der Waals surface area contributed by atoms with E-state index in [0.29, 0.717) is 5.69 Å². The summed E-state index contributed by atoms with van der Waals surface area (Å²) < 4.78 is 3.72. The third-order valence-electron chi connectivity index (χ3n) is 4.80. The van der Waals surface area contributed by atoms with Gasteiger partial charge in [-0.1, -0.05) is 0 Å². The van der Waals surface area contributed by atoms with Crippen molar-refractivity contribution in [3.8, 4) is 5.69 Å². The molecule has 2 atom stereocenters. The molecule has 1 aliphatic rings. The summed E-state index contributed by atoms with van der Waals surface area (Å²) in [4.78, 5) is 23.4. The smallest absolute Gasteiger partial charge is 0.270 e. The van der Waals surface area contributed by atoms with Crippen LogP contribution in [0.5, 0.6) is 0 Å². The molecule has 0 unspecified atom stereocenters. The quantitative estimate of drug-likeness (QED) is 0.753. The summed E-state index contributed by atoms with van der Waals surface area (Å²) in [6.07, 6.45) is 8.83. The van der Waals surface area contributed by atoms with Crippen molar-refractivity contribution in [3.05, 3.63) is 60.7 Å². The van der Waals surface area contributed by atoms with E-state index in [-0.39, 0.29) is 17.9 Å². The van der Waals surface area contributed by atoms with Crippen molar-refractivity contribution < 1.29 is 4.79 Å². The molecule has 8 nitrogen and oxygen atoms in total. The molecule has 0 aromatic carbocycles. The Bertz CT molecular complexity index is 902. The average Bonchev–Trinajstić information content (AvgIpc) is 3.36. The third kappa shape index (κ3) is 3.11. The van der Waals surface area contributed by atoms with Gasteiger partial charge in [0, 0.05) is 56.5 Å². The van der Waals surface area contributed by atoms with Crippen LogP contribution in [0.1, 0.15) is 22.1 Å². The molecule has 1 fully saturated rings. The summed E-state index contributed by atoms with van der Waals surface area (Å²) >= 11 is 0. The van der Waals surface area contributed by atoms with Crippen LogP contribution in [0.4, 0.5) is 0 Å². The number of likely N-dealkylation sites (tertiary alicyclic amines) is 1. The Kier molecular flexibility index (Phi) is 4.26. The van der Waals surface area contributed by atoms with Gasteiger partial charge in [0.15, 0.2) is 0 Å². The van der Waals surface area contributed by atoms with Gasteiger partial charge in [0.1, 0.15) is 5.69 Å². The van der Waals surface area contributed by atoms with Crippen molar-refractivity contribution >= 4 is 5.91 Å². The highest BCUT2D eigenvalue weighted by Crippen LogP contribution is 2.26. The standard InChI is InChI=1S/C18H21N7O/c1-23-10-14(17-9-19-12-24(17)2)16(11-23)22-18(26)15-8-13(4-6-20-15)25-7-3-5-21-25/h3-9,12,14,16H,10-11H2,1-2H3,(H,22,26)/t14-,16-/m1/s1. The summed E-state index contributed by atoms with van der Waals surface area (Å²) in [7, 11) is 4.04. The summed E-state index contributed by atoms with van der Waals surface area (Å²) in [5.41, 5.74) is 2.32. The first kappa shape index (κ1) is 16.5. The largest absolute Gasteiger partial charge is 0.346 e. The minimum atomic E-state index is -0.175. The van der Waals surface area contributed by atoms with Crippen molar-refractivity contribution in [3.63, 3.8) is 0 Å². The van der Waals surface area contributed by atoms with Crippen molar-refractivity contribution in [1.29, 1.82) is 0 Å². The summed E-state index contributed by atoms with van der Waals surface area (Å²) in [5, 5.41) is 7.35. The second kappa shape index (κ2) is 6.72. The molecule has 0 aliphatic carbocycles. The van der Waals surface area contributed by atoms with Gasteiger partial charge < -0.3 is 14.8 Å². The Hall–Kier alpha value is -3.00. The highest BCUT2D eigenvalue weighted by Gasteiger charge is 2.35. The molecule has 1 amide bonds. The number of nitrogens with one attached hydrogen (secondary N) is 1. The Morgan fingerprint density at radius 1 is 1.27 bits per heavy atom. The maximum Gasteiger partial charge on any atom is 0.270 e. The Balaban J connectivity index is 1.54. The lowest BCUT2D eigenvalue weighted by Crippen LogP contribution is -2.40. The van der Waals surface area contributed by atoms with Crippen LogP contribution in [0.25, 0.3) is 5.69 Å². The van der Waals surface area contributed by atoms with Crippen LogP contribution in [0.15, 0.2) is 49.3 Å². The van der Waals surface area contributed by atoms with Gasteiger partial charge in [-0.25, -0.2) is 9.67 Å². The third-order valence-corrected chi connectivity index (χ3v) is 4.80. The molecule has 0 bridgehead atoms. The lowest BCUT2D eigenvalue weighted by molar-refractivity contribution is 0.0930. The lowest BCUT2D eigenvalue weighted by Gasteiger charge is -2.20. The van der Waals surface area contributed by atoms with E-state index < -0.39 is 0 Å². The minimum Gasteiger partial charge on any atom is -0.346 e. The van der Waals surface area contributed by atoms with E-state index in [0.717, 1.165) is 24.5 Å². The number of rotatable bonds is 4. The molecule has 8 heteroatoms. The fraction of sp³-hybridized carbons (Fsp3) is 0.333. The van der Waals surface area contributed by atoms with Gasteiger partial charge >= 0.3 is 0 Å². The van der Waals surface area contributed by atoms with E-state index >= 15 is 0 Å². The number of amides is 1. The number of likely N-dealkylation sites (N-methyl/N-ethyl adjacent to an activating group) is 1.